The van der Waals surface area contributed by atoms with Gasteiger partial charge in [0.15, 0.2) is 23.0 Å². The van der Waals surface area contributed by atoms with Crippen molar-refractivity contribution in [2.75, 3.05) is 0 Å². The maximum atomic E-state index is 10.4. The summed E-state index contributed by atoms with van der Waals surface area (Å²) in [5.74, 6) is -0.790. The quantitative estimate of drug-likeness (QED) is 0.307. The highest BCUT2D eigenvalue weighted by Gasteiger charge is 2.45. The van der Waals surface area contributed by atoms with Crippen molar-refractivity contribution in [3.8, 4) is 23.0 Å². The lowest BCUT2D eigenvalue weighted by molar-refractivity contribution is 0.401. The maximum Gasteiger partial charge on any atom is 0.158 e. The molecule has 4 N–H and O–H groups in total. The lowest BCUT2D eigenvalue weighted by atomic mass is 9.78. The molecule has 2 aliphatic rings. The van der Waals surface area contributed by atoms with Gasteiger partial charge < -0.3 is 20.4 Å². The van der Waals surface area contributed by atoms with Crippen molar-refractivity contribution in [1.29, 1.82) is 0 Å². The zero-order valence-electron chi connectivity index (χ0n) is 17.5. The summed E-state index contributed by atoms with van der Waals surface area (Å²) in [6.45, 7) is 0. The lowest BCUT2D eigenvalue weighted by Gasteiger charge is -2.24. The van der Waals surface area contributed by atoms with Crippen LogP contribution in [-0.2, 0) is 5.41 Å². The van der Waals surface area contributed by atoms with Gasteiger partial charge in [-0.05, 0) is 68.8 Å². The third-order valence-corrected chi connectivity index (χ3v) is 6.61. The summed E-state index contributed by atoms with van der Waals surface area (Å²) >= 11 is 0. The Bertz CT molecular complexity index is 1370. The molecule has 1 spiro atoms. The van der Waals surface area contributed by atoms with Crippen LogP contribution in [0, 0.1) is 0 Å². The van der Waals surface area contributed by atoms with Gasteiger partial charge in [-0.25, -0.2) is 0 Å². The molecular weight excluding hydrogens is 412 g/mol. The summed E-state index contributed by atoms with van der Waals surface area (Å²) in [4.78, 5) is 0. The molecule has 0 aliphatic heterocycles. The minimum atomic E-state index is -0.794. The average Bonchev–Trinajstić information content (AvgIpc) is 3.31. The second-order valence-corrected chi connectivity index (χ2v) is 8.49. The number of fused-ring (bicyclic) bond motifs is 4. The SMILES string of the molecule is Oc1cc2c(cc1O)C1(C=C2c2ccccc2)C=C(c2ccccc2)c2cc(O)c(O)cc21. The highest BCUT2D eigenvalue weighted by Crippen LogP contribution is 2.57. The summed E-state index contributed by atoms with van der Waals surface area (Å²) in [5.41, 5.74) is 6.22. The summed E-state index contributed by atoms with van der Waals surface area (Å²) in [6, 6.07) is 26.1. The number of hydrogen-bond acceptors (Lipinski definition) is 4. The van der Waals surface area contributed by atoms with E-state index in [1.54, 1.807) is 24.3 Å². The first-order chi connectivity index (χ1) is 16.0. The second kappa shape index (κ2) is 6.78. The Balaban J connectivity index is 1.72. The fourth-order valence-corrected chi connectivity index (χ4v) is 5.11. The smallest absolute Gasteiger partial charge is 0.158 e. The molecule has 4 heteroatoms. The van der Waals surface area contributed by atoms with E-state index in [0.717, 1.165) is 44.5 Å². The molecule has 4 nitrogen and oxygen atoms in total. The molecule has 2 aliphatic carbocycles. The fourth-order valence-electron chi connectivity index (χ4n) is 5.11. The number of phenolic OH excluding ortho intramolecular Hbond substituents is 4. The van der Waals surface area contributed by atoms with Crippen LogP contribution in [0.2, 0.25) is 0 Å². The van der Waals surface area contributed by atoms with E-state index in [2.05, 4.69) is 12.2 Å². The van der Waals surface area contributed by atoms with Gasteiger partial charge in [-0.2, -0.15) is 0 Å². The van der Waals surface area contributed by atoms with E-state index < -0.39 is 5.41 Å². The van der Waals surface area contributed by atoms with Crippen molar-refractivity contribution in [3.63, 3.8) is 0 Å². The molecule has 0 saturated carbocycles. The largest absolute Gasteiger partial charge is 0.504 e. The van der Waals surface area contributed by atoms with Crippen LogP contribution in [0.3, 0.4) is 0 Å². The first-order valence-electron chi connectivity index (χ1n) is 10.7. The molecule has 0 heterocycles. The van der Waals surface area contributed by atoms with Crippen LogP contribution in [0.1, 0.15) is 33.4 Å². The van der Waals surface area contributed by atoms with Crippen molar-refractivity contribution >= 4 is 11.1 Å². The molecule has 33 heavy (non-hydrogen) atoms. The molecule has 0 bridgehead atoms. The molecular formula is C29H20O4. The van der Waals surface area contributed by atoms with Gasteiger partial charge in [0.2, 0.25) is 0 Å². The van der Waals surface area contributed by atoms with Crippen molar-refractivity contribution in [1.82, 2.24) is 0 Å². The normalized spacial score (nSPS) is 15.2. The Hall–Kier alpha value is -4.44. The molecule has 0 aromatic heterocycles. The highest BCUT2D eigenvalue weighted by atomic mass is 16.3. The van der Waals surface area contributed by atoms with E-state index in [9.17, 15) is 20.4 Å². The molecule has 4 aromatic rings. The molecule has 0 saturated heterocycles. The third-order valence-electron chi connectivity index (χ3n) is 6.61. The second-order valence-electron chi connectivity index (χ2n) is 8.49. The summed E-state index contributed by atoms with van der Waals surface area (Å²) in [5, 5.41) is 41.5. The van der Waals surface area contributed by atoms with Crippen LogP contribution < -0.4 is 0 Å². The van der Waals surface area contributed by atoms with Crippen LogP contribution in [0.15, 0.2) is 97.1 Å². The lowest BCUT2D eigenvalue weighted by Crippen LogP contribution is -2.18. The van der Waals surface area contributed by atoms with E-state index >= 15 is 0 Å². The first-order valence-corrected chi connectivity index (χ1v) is 10.7. The van der Waals surface area contributed by atoms with Gasteiger partial charge in [0.25, 0.3) is 0 Å². The molecule has 0 atom stereocenters. The van der Waals surface area contributed by atoms with Gasteiger partial charge in [0, 0.05) is 0 Å². The van der Waals surface area contributed by atoms with Crippen molar-refractivity contribution in [2.45, 2.75) is 5.41 Å². The van der Waals surface area contributed by atoms with Crippen LogP contribution in [0.4, 0.5) is 0 Å². The van der Waals surface area contributed by atoms with Gasteiger partial charge in [-0.1, -0.05) is 72.8 Å². The first kappa shape index (κ1) is 19.3. The predicted octanol–water partition coefficient (Wildman–Crippen LogP) is 5.69. The van der Waals surface area contributed by atoms with E-state index in [-0.39, 0.29) is 23.0 Å². The number of hydrogen-bond donors (Lipinski definition) is 4. The minimum absolute atomic E-state index is 0.188. The zero-order chi connectivity index (χ0) is 22.7. The van der Waals surface area contributed by atoms with Gasteiger partial charge in [-0.15, -0.1) is 0 Å². The van der Waals surface area contributed by atoms with Crippen molar-refractivity contribution in [3.05, 3.63) is 130 Å². The molecule has 160 valence electrons. The zero-order valence-corrected chi connectivity index (χ0v) is 17.5. The van der Waals surface area contributed by atoms with E-state index in [1.807, 2.05) is 60.7 Å². The number of benzene rings is 4. The maximum absolute atomic E-state index is 10.4. The average molecular weight is 432 g/mol. The Morgan fingerprint density at radius 2 is 0.818 bits per heavy atom. The molecule has 6 rings (SSSR count). The fraction of sp³-hybridized carbons (Fsp3) is 0.0345. The Morgan fingerprint density at radius 3 is 1.21 bits per heavy atom. The molecule has 0 unspecified atom stereocenters. The van der Waals surface area contributed by atoms with Gasteiger partial charge >= 0.3 is 0 Å². The van der Waals surface area contributed by atoms with E-state index in [4.69, 9.17) is 0 Å². The summed E-state index contributed by atoms with van der Waals surface area (Å²) in [7, 11) is 0. The Kier molecular flexibility index (Phi) is 3.96. The highest BCUT2D eigenvalue weighted by molar-refractivity contribution is 5.97. The molecule has 4 aromatic carbocycles. The standard InChI is InChI=1S/C29H20O4/c30-25-11-19-21(17-7-3-1-4-8-17)15-29(23(19)13-27(25)32)16-22(18-9-5-2-6-10-18)20-12-26(31)28(33)14-24(20)29/h1-16,30-33H. The Labute approximate surface area is 190 Å². The van der Waals surface area contributed by atoms with Gasteiger partial charge in [0.1, 0.15) is 0 Å². The number of allylic oxidation sites excluding steroid dienone is 2. The van der Waals surface area contributed by atoms with Crippen molar-refractivity contribution in [2.24, 2.45) is 0 Å². The van der Waals surface area contributed by atoms with Gasteiger partial charge in [-0.3, -0.25) is 0 Å². The van der Waals surface area contributed by atoms with Crippen LogP contribution in [0.25, 0.3) is 11.1 Å². The van der Waals surface area contributed by atoms with Gasteiger partial charge in [0.05, 0.1) is 5.41 Å². The third kappa shape index (κ3) is 2.71. The van der Waals surface area contributed by atoms with Crippen LogP contribution in [-0.4, -0.2) is 20.4 Å². The molecule has 0 fully saturated rings. The monoisotopic (exact) mass is 432 g/mol. The predicted molar refractivity (Wildman–Crippen MR) is 127 cm³/mol. The Morgan fingerprint density at radius 1 is 0.455 bits per heavy atom. The van der Waals surface area contributed by atoms with E-state index in [0.29, 0.717) is 0 Å². The van der Waals surface area contributed by atoms with Crippen molar-refractivity contribution < 1.29 is 20.4 Å². The molecule has 0 amide bonds. The summed E-state index contributed by atoms with van der Waals surface area (Å²) in [6.07, 6.45) is 4.22. The molecule has 0 radical (unpaired) electrons. The summed E-state index contributed by atoms with van der Waals surface area (Å²) < 4.78 is 0. The number of aromatic hydroxyl groups is 4. The number of phenols is 4. The minimum Gasteiger partial charge on any atom is -0.504 e. The van der Waals surface area contributed by atoms with Crippen LogP contribution >= 0.6 is 0 Å². The number of rotatable bonds is 2. The topological polar surface area (TPSA) is 80.9 Å². The van der Waals surface area contributed by atoms with E-state index in [1.165, 1.54) is 0 Å². The van der Waals surface area contributed by atoms with Crippen LogP contribution in [0.5, 0.6) is 23.0 Å².